The van der Waals surface area contributed by atoms with Crippen LogP contribution in [0, 0.1) is 13.8 Å². The Bertz CT molecular complexity index is 521. The highest BCUT2D eigenvalue weighted by atomic mass is 32.2. The standard InChI is InChI=1S/C13H19N3O3S/c1-9-7-10(2)16(15-9)8-11(17)14-13(12(18)19)3-5-20-6-4-13/h7H,3-6,8H2,1-2H3,(H,14,17)(H,18,19). The summed E-state index contributed by atoms with van der Waals surface area (Å²) < 4.78 is 1.60. The minimum Gasteiger partial charge on any atom is -0.480 e. The Morgan fingerprint density at radius 1 is 1.45 bits per heavy atom. The Hall–Kier alpha value is -1.50. The largest absolute Gasteiger partial charge is 0.480 e. The number of carboxylic acid groups (broad SMARTS) is 1. The van der Waals surface area contributed by atoms with Crippen LogP contribution < -0.4 is 5.32 Å². The van der Waals surface area contributed by atoms with Gasteiger partial charge in [0.15, 0.2) is 0 Å². The van der Waals surface area contributed by atoms with Gasteiger partial charge < -0.3 is 10.4 Å². The lowest BCUT2D eigenvalue weighted by Crippen LogP contribution is -2.57. The summed E-state index contributed by atoms with van der Waals surface area (Å²) in [7, 11) is 0. The smallest absolute Gasteiger partial charge is 0.329 e. The molecule has 0 saturated carbocycles. The minimum atomic E-state index is -1.11. The van der Waals surface area contributed by atoms with Gasteiger partial charge in [-0.1, -0.05) is 0 Å². The van der Waals surface area contributed by atoms with E-state index >= 15 is 0 Å². The van der Waals surface area contributed by atoms with Crippen molar-refractivity contribution < 1.29 is 14.7 Å². The Kier molecular flexibility index (Phi) is 4.37. The van der Waals surface area contributed by atoms with Crippen molar-refractivity contribution in [3.63, 3.8) is 0 Å². The maximum Gasteiger partial charge on any atom is 0.329 e. The van der Waals surface area contributed by atoms with Crippen molar-refractivity contribution in [3.05, 3.63) is 17.5 Å². The lowest BCUT2D eigenvalue weighted by Gasteiger charge is -2.33. The predicted octanol–water partition coefficient (Wildman–Crippen LogP) is 0.967. The van der Waals surface area contributed by atoms with Gasteiger partial charge >= 0.3 is 5.97 Å². The van der Waals surface area contributed by atoms with Crippen molar-refractivity contribution in [3.8, 4) is 0 Å². The highest BCUT2D eigenvalue weighted by Gasteiger charge is 2.41. The molecule has 0 bridgehead atoms. The first kappa shape index (κ1) is 14.9. The fourth-order valence-electron chi connectivity index (χ4n) is 2.39. The van der Waals surface area contributed by atoms with Crippen LogP contribution >= 0.6 is 11.8 Å². The summed E-state index contributed by atoms with van der Waals surface area (Å²) in [6.07, 6.45) is 0.936. The number of aryl methyl sites for hydroxylation is 2. The second-order valence-electron chi connectivity index (χ2n) is 5.13. The number of carbonyl (C=O) groups excluding carboxylic acids is 1. The molecule has 0 radical (unpaired) electrons. The number of carbonyl (C=O) groups is 2. The van der Waals surface area contributed by atoms with Gasteiger partial charge in [-0.3, -0.25) is 9.48 Å². The number of amides is 1. The van der Waals surface area contributed by atoms with Crippen molar-refractivity contribution in [2.75, 3.05) is 11.5 Å². The summed E-state index contributed by atoms with van der Waals surface area (Å²) in [5.74, 6) is 0.268. The van der Waals surface area contributed by atoms with E-state index in [9.17, 15) is 14.7 Å². The summed E-state index contributed by atoms with van der Waals surface area (Å²) in [5, 5.41) is 16.3. The third kappa shape index (κ3) is 3.15. The molecule has 20 heavy (non-hydrogen) atoms. The number of nitrogens with one attached hydrogen (secondary N) is 1. The third-order valence-corrected chi connectivity index (χ3v) is 4.52. The highest BCUT2D eigenvalue weighted by Crippen LogP contribution is 2.27. The van der Waals surface area contributed by atoms with Crippen molar-refractivity contribution in [1.82, 2.24) is 15.1 Å². The van der Waals surface area contributed by atoms with Crippen molar-refractivity contribution in [1.29, 1.82) is 0 Å². The molecular weight excluding hydrogens is 278 g/mol. The molecule has 0 aliphatic carbocycles. The van der Waals surface area contributed by atoms with E-state index in [4.69, 9.17) is 0 Å². The molecule has 7 heteroatoms. The number of nitrogens with zero attached hydrogens (tertiary/aromatic N) is 2. The highest BCUT2D eigenvalue weighted by molar-refractivity contribution is 7.99. The molecule has 2 heterocycles. The average Bonchev–Trinajstić information content (AvgIpc) is 2.68. The minimum absolute atomic E-state index is 0.0574. The number of hydrogen-bond donors (Lipinski definition) is 2. The molecule has 110 valence electrons. The quantitative estimate of drug-likeness (QED) is 0.865. The normalized spacial score (nSPS) is 17.7. The van der Waals surface area contributed by atoms with Crippen LogP contribution in [0.5, 0.6) is 0 Å². The first-order valence-electron chi connectivity index (χ1n) is 6.56. The summed E-state index contributed by atoms with van der Waals surface area (Å²) >= 11 is 1.72. The van der Waals surface area contributed by atoms with E-state index in [0.717, 1.165) is 22.9 Å². The van der Waals surface area contributed by atoms with Gasteiger partial charge in [0.1, 0.15) is 12.1 Å². The molecule has 1 aromatic heterocycles. The molecule has 1 aliphatic rings. The maximum atomic E-state index is 12.1. The molecular formula is C13H19N3O3S. The van der Waals surface area contributed by atoms with Crippen molar-refractivity contribution in [2.24, 2.45) is 0 Å². The van der Waals surface area contributed by atoms with Crippen LogP contribution in [0.2, 0.25) is 0 Å². The number of aliphatic carboxylic acids is 1. The Balaban J connectivity index is 2.05. The molecule has 0 atom stereocenters. The van der Waals surface area contributed by atoms with Gasteiger partial charge in [0.05, 0.1) is 5.69 Å². The molecule has 2 N–H and O–H groups in total. The zero-order valence-electron chi connectivity index (χ0n) is 11.7. The predicted molar refractivity (Wildman–Crippen MR) is 76.8 cm³/mol. The molecule has 1 saturated heterocycles. The third-order valence-electron chi connectivity index (χ3n) is 3.53. The van der Waals surface area contributed by atoms with E-state index in [1.165, 1.54) is 0 Å². The molecule has 0 spiro atoms. The molecule has 1 aliphatic heterocycles. The van der Waals surface area contributed by atoms with E-state index < -0.39 is 11.5 Å². The lowest BCUT2D eigenvalue weighted by atomic mass is 9.92. The molecule has 0 unspecified atom stereocenters. The van der Waals surface area contributed by atoms with Gasteiger partial charge in [-0.2, -0.15) is 16.9 Å². The molecule has 1 amide bonds. The fraction of sp³-hybridized carbons (Fsp3) is 0.615. The van der Waals surface area contributed by atoms with Gasteiger partial charge in [0, 0.05) is 5.69 Å². The van der Waals surface area contributed by atoms with Crippen LogP contribution in [-0.2, 0) is 16.1 Å². The van der Waals surface area contributed by atoms with Gasteiger partial charge in [0.2, 0.25) is 5.91 Å². The van der Waals surface area contributed by atoms with E-state index in [0.29, 0.717) is 12.8 Å². The van der Waals surface area contributed by atoms with Gasteiger partial charge in [-0.15, -0.1) is 0 Å². The molecule has 6 nitrogen and oxygen atoms in total. The van der Waals surface area contributed by atoms with E-state index in [2.05, 4.69) is 10.4 Å². The van der Waals surface area contributed by atoms with E-state index in [1.54, 1.807) is 16.4 Å². The van der Waals surface area contributed by atoms with Crippen molar-refractivity contribution in [2.45, 2.75) is 38.8 Å². The molecule has 1 aromatic rings. The fourth-order valence-corrected chi connectivity index (χ4v) is 3.58. The van der Waals surface area contributed by atoms with Gasteiger partial charge in [0.25, 0.3) is 0 Å². The van der Waals surface area contributed by atoms with Crippen LogP contribution in [0.1, 0.15) is 24.2 Å². The monoisotopic (exact) mass is 297 g/mol. The molecule has 2 rings (SSSR count). The number of rotatable bonds is 4. The van der Waals surface area contributed by atoms with E-state index in [1.807, 2.05) is 19.9 Å². The zero-order valence-corrected chi connectivity index (χ0v) is 12.5. The van der Waals surface area contributed by atoms with Crippen molar-refractivity contribution >= 4 is 23.6 Å². The summed E-state index contributed by atoms with van der Waals surface area (Å²) in [6, 6.07) is 1.89. The number of hydrogen-bond acceptors (Lipinski definition) is 4. The number of thioether (sulfide) groups is 1. The number of aromatic nitrogens is 2. The Morgan fingerprint density at radius 3 is 2.60 bits per heavy atom. The lowest BCUT2D eigenvalue weighted by molar-refractivity contribution is -0.148. The van der Waals surface area contributed by atoms with Gasteiger partial charge in [-0.25, -0.2) is 4.79 Å². The van der Waals surface area contributed by atoms with Crippen LogP contribution in [0.4, 0.5) is 0 Å². The van der Waals surface area contributed by atoms with Crippen LogP contribution in [0.15, 0.2) is 6.07 Å². The molecule has 0 aromatic carbocycles. The summed E-state index contributed by atoms with van der Waals surface area (Å²) in [4.78, 5) is 23.6. The Morgan fingerprint density at radius 2 is 2.10 bits per heavy atom. The summed E-state index contributed by atoms with van der Waals surface area (Å²) in [5.41, 5.74) is 0.622. The van der Waals surface area contributed by atoms with Crippen LogP contribution in [-0.4, -0.2) is 43.8 Å². The molecule has 1 fully saturated rings. The first-order chi connectivity index (χ1) is 9.43. The SMILES string of the molecule is Cc1cc(C)n(CC(=O)NC2(C(=O)O)CCSCC2)n1. The summed E-state index contributed by atoms with van der Waals surface area (Å²) in [6.45, 7) is 3.79. The number of carboxylic acids is 1. The van der Waals surface area contributed by atoms with Crippen LogP contribution in [0.25, 0.3) is 0 Å². The van der Waals surface area contributed by atoms with Crippen LogP contribution in [0.3, 0.4) is 0 Å². The second-order valence-corrected chi connectivity index (χ2v) is 6.36. The second kappa shape index (κ2) is 5.87. The zero-order chi connectivity index (χ0) is 14.8. The van der Waals surface area contributed by atoms with E-state index in [-0.39, 0.29) is 12.5 Å². The maximum absolute atomic E-state index is 12.1. The Labute approximate surface area is 121 Å². The first-order valence-corrected chi connectivity index (χ1v) is 7.72. The van der Waals surface area contributed by atoms with Gasteiger partial charge in [-0.05, 0) is 44.3 Å². The topological polar surface area (TPSA) is 84.2 Å². The average molecular weight is 297 g/mol.